The lowest BCUT2D eigenvalue weighted by Crippen LogP contribution is -2.38. The number of aliphatic imine (C=N–C) groups is 1. The van der Waals surface area contributed by atoms with Gasteiger partial charge in [-0.2, -0.15) is 0 Å². The highest BCUT2D eigenvalue weighted by Crippen LogP contribution is 2.20. The van der Waals surface area contributed by atoms with Crippen LogP contribution in [-0.4, -0.2) is 51.5 Å². The summed E-state index contributed by atoms with van der Waals surface area (Å²) in [4.78, 5) is 4.53. The van der Waals surface area contributed by atoms with E-state index in [0.717, 1.165) is 58.3 Å². The first-order valence-corrected chi connectivity index (χ1v) is 8.58. The fourth-order valence-electron chi connectivity index (χ4n) is 2.43. The highest BCUT2D eigenvalue weighted by molar-refractivity contribution is 5.79. The molecule has 0 radical (unpaired) electrons. The first-order valence-electron chi connectivity index (χ1n) is 8.58. The monoisotopic (exact) mass is 299 g/mol. The van der Waals surface area contributed by atoms with Crippen molar-refractivity contribution >= 4 is 5.96 Å². The van der Waals surface area contributed by atoms with Gasteiger partial charge in [-0.25, -0.2) is 0 Å². The van der Waals surface area contributed by atoms with Crippen molar-refractivity contribution in [3.63, 3.8) is 0 Å². The maximum Gasteiger partial charge on any atom is 0.191 e. The molecule has 0 aromatic rings. The molecule has 5 nitrogen and oxygen atoms in total. The molecule has 0 aromatic heterocycles. The molecule has 1 saturated carbocycles. The molecule has 0 heterocycles. The maximum absolute atomic E-state index is 5.85. The molecule has 0 atom stereocenters. The lowest BCUT2D eigenvalue weighted by Gasteiger charge is -2.13. The Bertz CT molecular complexity index is 266. The van der Waals surface area contributed by atoms with Crippen molar-refractivity contribution in [2.45, 2.75) is 58.5 Å². The zero-order valence-electron chi connectivity index (χ0n) is 13.8. The molecule has 0 spiro atoms. The van der Waals surface area contributed by atoms with Crippen LogP contribution in [0.1, 0.15) is 52.4 Å². The largest absolute Gasteiger partial charge is 0.382 e. The van der Waals surface area contributed by atoms with Gasteiger partial charge in [0.2, 0.25) is 0 Å². The minimum absolute atomic E-state index is 0.519. The SMILES string of the molecule is CCNC(=NCCCOCC)NCCCOC1CCCC1. The Kier molecular flexibility index (Phi) is 11.2. The molecule has 21 heavy (non-hydrogen) atoms. The highest BCUT2D eigenvalue weighted by atomic mass is 16.5. The molecule has 0 saturated heterocycles. The van der Waals surface area contributed by atoms with Crippen LogP contribution in [0.3, 0.4) is 0 Å². The van der Waals surface area contributed by atoms with Crippen molar-refractivity contribution in [2.24, 2.45) is 4.99 Å². The third-order valence-corrected chi connectivity index (χ3v) is 3.53. The summed E-state index contributed by atoms with van der Waals surface area (Å²) < 4.78 is 11.2. The molecule has 0 unspecified atom stereocenters. The van der Waals surface area contributed by atoms with Crippen LogP contribution >= 0.6 is 0 Å². The molecule has 1 aliphatic rings. The Morgan fingerprint density at radius 2 is 1.90 bits per heavy atom. The van der Waals surface area contributed by atoms with Crippen LogP contribution in [0.4, 0.5) is 0 Å². The van der Waals surface area contributed by atoms with Crippen molar-refractivity contribution in [1.82, 2.24) is 10.6 Å². The van der Waals surface area contributed by atoms with E-state index in [-0.39, 0.29) is 0 Å². The molecular weight excluding hydrogens is 266 g/mol. The standard InChI is InChI=1S/C16H33N3O2/c1-3-17-16(18-11-7-13-20-4-2)19-12-8-14-21-15-9-5-6-10-15/h15H,3-14H2,1-2H3,(H2,17,18,19). The Morgan fingerprint density at radius 3 is 2.62 bits per heavy atom. The fraction of sp³-hybridized carbons (Fsp3) is 0.938. The van der Waals surface area contributed by atoms with E-state index in [2.05, 4.69) is 22.5 Å². The van der Waals surface area contributed by atoms with Crippen LogP contribution in [0.25, 0.3) is 0 Å². The topological polar surface area (TPSA) is 54.9 Å². The van der Waals surface area contributed by atoms with Gasteiger partial charge in [-0.15, -0.1) is 0 Å². The number of rotatable bonds is 11. The molecule has 2 N–H and O–H groups in total. The highest BCUT2D eigenvalue weighted by Gasteiger charge is 2.14. The smallest absolute Gasteiger partial charge is 0.191 e. The summed E-state index contributed by atoms with van der Waals surface area (Å²) >= 11 is 0. The van der Waals surface area contributed by atoms with Gasteiger partial charge in [0.15, 0.2) is 5.96 Å². The van der Waals surface area contributed by atoms with Crippen LogP contribution < -0.4 is 10.6 Å². The van der Waals surface area contributed by atoms with Crippen LogP contribution in [0.5, 0.6) is 0 Å². The second kappa shape index (κ2) is 12.9. The third-order valence-electron chi connectivity index (χ3n) is 3.53. The number of ether oxygens (including phenoxy) is 2. The van der Waals surface area contributed by atoms with Gasteiger partial charge in [-0.3, -0.25) is 4.99 Å². The van der Waals surface area contributed by atoms with Gasteiger partial charge in [0.1, 0.15) is 0 Å². The molecule has 0 bridgehead atoms. The minimum atomic E-state index is 0.519. The predicted molar refractivity (Wildman–Crippen MR) is 87.9 cm³/mol. The molecule has 0 aromatic carbocycles. The van der Waals surface area contributed by atoms with Gasteiger partial charge >= 0.3 is 0 Å². The van der Waals surface area contributed by atoms with E-state index in [1.165, 1.54) is 25.7 Å². The Hall–Kier alpha value is -0.810. The van der Waals surface area contributed by atoms with Crippen molar-refractivity contribution < 1.29 is 9.47 Å². The zero-order valence-corrected chi connectivity index (χ0v) is 13.8. The number of nitrogens with one attached hydrogen (secondary N) is 2. The number of hydrogen-bond donors (Lipinski definition) is 2. The summed E-state index contributed by atoms with van der Waals surface area (Å²) in [5, 5.41) is 6.62. The minimum Gasteiger partial charge on any atom is -0.382 e. The molecule has 1 aliphatic carbocycles. The summed E-state index contributed by atoms with van der Waals surface area (Å²) in [7, 11) is 0. The maximum atomic E-state index is 5.85. The lowest BCUT2D eigenvalue weighted by molar-refractivity contribution is 0.0574. The number of nitrogens with zero attached hydrogens (tertiary/aromatic N) is 1. The molecule has 5 heteroatoms. The van der Waals surface area contributed by atoms with E-state index in [0.29, 0.717) is 6.10 Å². The summed E-state index contributed by atoms with van der Waals surface area (Å²) in [6.45, 7) is 9.11. The quantitative estimate of drug-likeness (QED) is 0.349. The van der Waals surface area contributed by atoms with Crippen LogP contribution in [0.2, 0.25) is 0 Å². The van der Waals surface area contributed by atoms with Crippen LogP contribution in [0, 0.1) is 0 Å². The van der Waals surface area contributed by atoms with E-state index < -0.39 is 0 Å². The summed E-state index contributed by atoms with van der Waals surface area (Å²) in [5.41, 5.74) is 0. The predicted octanol–water partition coefficient (Wildman–Crippen LogP) is 2.32. The van der Waals surface area contributed by atoms with Crippen molar-refractivity contribution in [2.75, 3.05) is 39.5 Å². The van der Waals surface area contributed by atoms with Gasteiger partial charge in [0.05, 0.1) is 6.10 Å². The van der Waals surface area contributed by atoms with Gasteiger partial charge in [0, 0.05) is 39.5 Å². The molecule has 0 amide bonds. The molecule has 1 fully saturated rings. The Balaban J connectivity index is 2.04. The second-order valence-electron chi connectivity index (χ2n) is 5.37. The third kappa shape index (κ3) is 9.69. The zero-order chi connectivity index (χ0) is 15.2. The molecular formula is C16H33N3O2. The summed E-state index contributed by atoms with van der Waals surface area (Å²) in [6.07, 6.45) is 7.68. The first-order chi connectivity index (χ1) is 10.4. The molecule has 0 aliphatic heterocycles. The first kappa shape index (κ1) is 18.2. The van der Waals surface area contributed by atoms with Gasteiger partial charge in [-0.05, 0) is 39.5 Å². The van der Waals surface area contributed by atoms with Gasteiger partial charge < -0.3 is 20.1 Å². The van der Waals surface area contributed by atoms with E-state index in [9.17, 15) is 0 Å². The molecule has 1 rings (SSSR count). The number of hydrogen-bond acceptors (Lipinski definition) is 3. The average Bonchev–Trinajstić information content (AvgIpc) is 3.00. The Labute approximate surface area is 129 Å². The van der Waals surface area contributed by atoms with Crippen molar-refractivity contribution in [3.8, 4) is 0 Å². The summed E-state index contributed by atoms with van der Waals surface area (Å²) in [5.74, 6) is 0.898. The lowest BCUT2D eigenvalue weighted by atomic mass is 10.3. The van der Waals surface area contributed by atoms with E-state index in [4.69, 9.17) is 9.47 Å². The normalized spacial score (nSPS) is 16.4. The van der Waals surface area contributed by atoms with Gasteiger partial charge in [0.25, 0.3) is 0 Å². The average molecular weight is 299 g/mol. The fourth-order valence-corrected chi connectivity index (χ4v) is 2.43. The van der Waals surface area contributed by atoms with Crippen LogP contribution in [-0.2, 0) is 9.47 Å². The van der Waals surface area contributed by atoms with E-state index in [1.807, 2.05) is 6.92 Å². The van der Waals surface area contributed by atoms with E-state index >= 15 is 0 Å². The summed E-state index contributed by atoms with van der Waals surface area (Å²) in [6, 6.07) is 0. The van der Waals surface area contributed by atoms with Crippen LogP contribution in [0.15, 0.2) is 4.99 Å². The van der Waals surface area contributed by atoms with E-state index in [1.54, 1.807) is 0 Å². The number of guanidine groups is 1. The van der Waals surface area contributed by atoms with Crippen molar-refractivity contribution in [3.05, 3.63) is 0 Å². The van der Waals surface area contributed by atoms with Gasteiger partial charge in [-0.1, -0.05) is 12.8 Å². The van der Waals surface area contributed by atoms with Crippen molar-refractivity contribution in [1.29, 1.82) is 0 Å². The molecule has 124 valence electrons. The second-order valence-corrected chi connectivity index (χ2v) is 5.37. The Morgan fingerprint density at radius 1 is 1.10 bits per heavy atom.